The van der Waals surface area contributed by atoms with Gasteiger partial charge in [0.2, 0.25) is 0 Å². The van der Waals surface area contributed by atoms with E-state index in [1.165, 1.54) is 13.1 Å². The Morgan fingerprint density at radius 3 is 2.30 bits per heavy atom. The average Bonchev–Trinajstić information content (AvgIpc) is 3.14. The van der Waals surface area contributed by atoms with E-state index >= 15 is 0 Å². The van der Waals surface area contributed by atoms with Gasteiger partial charge in [-0.05, 0) is 38.0 Å². The highest BCUT2D eigenvalue weighted by atomic mass is 16.5. The standard InChI is InChI=1S/C23H23N3O4/c1-16-20(14-24-26(16)19-11-7-4-8-12-19)23(29)30-15-22(28)25-21(17(2)27)13-18-9-5-3-6-10-18/h3-12,14,21H,13,15H2,1-2H3,(H,25,28). The maximum Gasteiger partial charge on any atom is 0.342 e. The Labute approximate surface area is 174 Å². The number of aromatic nitrogens is 2. The van der Waals surface area contributed by atoms with Gasteiger partial charge in [-0.25, -0.2) is 9.48 Å². The molecule has 1 atom stereocenters. The Kier molecular flexibility index (Phi) is 6.75. The van der Waals surface area contributed by atoms with Gasteiger partial charge in [0.15, 0.2) is 12.4 Å². The van der Waals surface area contributed by atoms with Gasteiger partial charge in [-0.15, -0.1) is 0 Å². The molecule has 2 aromatic carbocycles. The number of benzene rings is 2. The van der Waals surface area contributed by atoms with Gasteiger partial charge in [-0.1, -0.05) is 48.5 Å². The fraction of sp³-hybridized carbons (Fsp3) is 0.217. The molecule has 3 rings (SSSR count). The van der Waals surface area contributed by atoms with E-state index in [0.717, 1.165) is 11.3 Å². The Bertz CT molecular complexity index is 1030. The molecule has 0 aliphatic rings. The molecule has 1 amide bonds. The van der Waals surface area contributed by atoms with Crippen LogP contribution in [-0.4, -0.2) is 40.1 Å². The fourth-order valence-electron chi connectivity index (χ4n) is 3.03. The summed E-state index contributed by atoms with van der Waals surface area (Å²) in [6.45, 7) is 2.69. The molecule has 7 nitrogen and oxygen atoms in total. The zero-order valence-electron chi connectivity index (χ0n) is 16.9. The number of carbonyl (C=O) groups excluding carboxylic acids is 3. The van der Waals surface area contributed by atoms with Gasteiger partial charge in [-0.3, -0.25) is 9.59 Å². The molecular weight excluding hydrogens is 382 g/mol. The SMILES string of the molecule is CC(=O)C(Cc1ccccc1)NC(=O)COC(=O)c1cnn(-c2ccccc2)c1C. The van der Waals surface area contributed by atoms with Crippen molar-refractivity contribution in [1.29, 1.82) is 0 Å². The molecule has 1 unspecified atom stereocenters. The number of hydrogen-bond donors (Lipinski definition) is 1. The predicted octanol–water partition coefficient (Wildman–Crippen LogP) is 2.65. The van der Waals surface area contributed by atoms with E-state index < -0.39 is 24.5 Å². The van der Waals surface area contributed by atoms with E-state index in [2.05, 4.69) is 10.4 Å². The average molecular weight is 405 g/mol. The van der Waals surface area contributed by atoms with Crippen molar-refractivity contribution in [3.63, 3.8) is 0 Å². The molecule has 0 fully saturated rings. The number of nitrogens with zero attached hydrogens (tertiary/aromatic N) is 2. The number of esters is 1. The number of Topliss-reactive ketones (excluding diaryl/α,β-unsaturated/α-hetero) is 1. The van der Waals surface area contributed by atoms with Crippen LogP contribution in [0.5, 0.6) is 0 Å². The molecule has 0 radical (unpaired) electrons. The van der Waals surface area contributed by atoms with Gasteiger partial charge >= 0.3 is 5.97 Å². The van der Waals surface area contributed by atoms with Crippen LogP contribution in [0.15, 0.2) is 66.9 Å². The highest BCUT2D eigenvalue weighted by Crippen LogP contribution is 2.14. The summed E-state index contributed by atoms with van der Waals surface area (Å²) in [5.74, 6) is -1.35. The Morgan fingerprint density at radius 2 is 1.67 bits per heavy atom. The highest BCUT2D eigenvalue weighted by molar-refractivity contribution is 5.93. The molecule has 0 aliphatic heterocycles. The number of hydrogen-bond acceptors (Lipinski definition) is 5. The molecule has 3 aromatic rings. The van der Waals surface area contributed by atoms with Gasteiger partial charge in [-0.2, -0.15) is 5.10 Å². The van der Waals surface area contributed by atoms with E-state index in [0.29, 0.717) is 12.1 Å². The van der Waals surface area contributed by atoms with E-state index in [1.54, 1.807) is 11.6 Å². The Balaban J connectivity index is 1.58. The molecule has 1 N–H and O–H groups in total. The van der Waals surface area contributed by atoms with Crippen LogP contribution in [-0.2, 0) is 20.7 Å². The number of nitrogens with one attached hydrogen (secondary N) is 1. The lowest BCUT2D eigenvalue weighted by molar-refractivity contribution is -0.128. The first-order valence-electron chi connectivity index (χ1n) is 9.56. The summed E-state index contributed by atoms with van der Waals surface area (Å²) in [7, 11) is 0. The Hall–Kier alpha value is -3.74. The van der Waals surface area contributed by atoms with Crippen molar-refractivity contribution in [3.05, 3.63) is 83.7 Å². The maximum absolute atomic E-state index is 12.4. The van der Waals surface area contributed by atoms with E-state index in [4.69, 9.17) is 4.74 Å². The summed E-state index contributed by atoms with van der Waals surface area (Å²) in [6.07, 6.45) is 1.79. The second-order valence-electron chi connectivity index (χ2n) is 6.89. The third-order valence-electron chi connectivity index (χ3n) is 4.67. The van der Waals surface area contributed by atoms with Gasteiger partial charge in [0, 0.05) is 0 Å². The minimum Gasteiger partial charge on any atom is -0.452 e. The van der Waals surface area contributed by atoms with Crippen molar-refractivity contribution in [2.45, 2.75) is 26.3 Å². The minimum atomic E-state index is -0.679. The second kappa shape index (κ2) is 9.65. The monoisotopic (exact) mass is 405 g/mol. The van der Waals surface area contributed by atoms with Gasteiger partial charge < -0.3 is 10.1 Å². The Morgan fingerprint density at radius 1 is 1.03 bits per heavy atom. The summed E-state index contributed by atoms with van der Waals surface area (Å²) in [5, 5.41) is 6.85. The second-order valence-corrected chi connectivity index (χ2v) is 6.89. The third kappa shape index (κ3) is 5.20. The smallest absolute Gasteiger partial charge is 0.342 e. The number of carbonyl (C=O) groups is 3. The lowest BCUT2D eigenvalue weighted by Crippen LogP contribution is -2.43. The van der Waals surface area contributed by atoms with Crippen LogP contribution in [0, 0.1) is 6.92 Å². The number of amides is 1. The van der Waals surface area contributed by atoms with Crippen LogP contribution in [0.3, 0.4) is 0 Å². The van der Waals surface area contributed by atoms with Gasteiger partial charge in [0.25, 0.3) is 5.91 Å². The molecule has 0 saturated heterocycles. The largest absolute Gasteiger partial charge is 0.452 e. The van der Waals surface area contributed by atoms with Crippen molar-refractivity contribution >= 4 is 17.7 Å². The molecule has 0 spiro atoms. The van der Waals surface area contributed by atoms with Crippen LogP contribution >= 0.6 is 0 Å². The first-order chi connectivity index (χ1) is 14.5. The molecule has 1 aromatic heterocycles. The fourth-order valence-corrected chi connectivity index (χ4v) is 3.03. The first kappa shape index (κ1) is 21.0. The lowest BCUT2D eigenvalue weighted by Gasteiger charge is -2.16. The lowest BCUT2D eigenvalue weighted by atomic mass is 10.0. The quantitative estimate of drug-likeness (QED) is 0.582. The van der Waals surface area contributed by atoms with Crippen molar-refractivity contribution in [1.82, 2.24) is 15.1 Å². The van der Waals surface area contributed by atoms with Crippen LogP contribution in [0.1, 0.15) is 28.5 Å². The number of para-hydroxylation sites is 1. The summed E-state index contributed by atoms with van der Waals surface area (Å²) >= 11 is 0. The van der Waals surface area contributed by atoms with Crippen molar-refractivity contribution < 1.29 is 19.1 Å². The highest BCUT2D eigenvalue weighted by Gasteiger charge is 2.21. The summed E-state index contributed by atoms with van der Waals surface area (Å²) < 4.78 is 6.76. The molecule has 0 saturated carbocycles. The first-order valence-corrected chi connectivity index (χ1v) is 9.56. The van der Waals surface area contributed by atoms with Crippen molar-refractivity contribution in [2.24, 2.45) is 0 Å². The van der Waals surface area contributed by atoms with Gasteiger partial charge in [0.1, 0.15) is 5.56 Å². The predicted molar refractivity (Wildman–Crippen MR) is 111 cm³/mol. The zero-order valence-corrected chi connectivity index (χ0v) is 16.9. The third-order valence-corrected chi connectivity index (χ3v) is 4.67. The maximum atomic E-state index is 12.4. The van der Waals surface area contributed by atoms with E-state index in [9.17, 15) is 14.4 Å². The number of ketones is 1. The van der Waals surface area contributed by atoms with Crippen molar-refractivity contribution in [3.8, 4) is 5.69 Å². The molecule has 154 valence electrons. The van der Waals surface area contributed by atoms with Crippen LogP contribution in [0.25, 0.3) is 5.69 Å². The van der Waals surface area contributed by atoms with E-state index in [-0.39, 0.29) is 11.3 Å². The summed E-state index contributed by atoms with van der Waals surface area (Å²) in [5.41, 5.74) is 2.63. The summed E-state index contributed by atoms with van der Waals surface area (Å²) in [4.78, 5) is 36.5. The number of ether oxygens (including phenoxy) is 1. The topological polar surface area (TPSA) is 90.3 Å². The number of rotatable bonds is 8. The molecule has 7 heteroatoms. The zero-order chi connectivity index (χ0) is 21.5. The van der Waals surface area contributed by atoms with Crippen LogP contribution in [0.4, 0.5) is 0 Å². The van der Waals surface area contributed by atoms with Crippen LogP contribution < -0.4 is 5.32 Å². The molecule has 0 bridgehead atoms. The minimum absolute atomic E-state index is 0.168. The van der Waals surface area contributed by atoms with E-state index in [1.807, 2.05) is 60.7 Å². The summed E-state index contributed by atoms with van der Waals surface area (Å²) in [6, 6.07) is 18.1. The van der Waals surface area contributed by atoms with Gasteiger partial charge in [0.05, 0.1) is 23.6 Å². The molecule has 0 aliphatic carbocycles. The van der Waals surface area contributed by atoms with Crippen LogP contribution in [0.2, 0.25) is 0 Å². The van der Waals surface area contributed by atoms with Crippen molar-refractivity contribution in [2.75, 3.05) is 6.61 Å². The molecule has 1 heterocycles. The normalized spacial score (nSPS) is 11.5. The molecule has 30 heavy (non-hydrogen) atoms. The molecular formula is C23H23N3O4.